The molecule has 1 aliphatic rings. The van der Waals surface area contributed by atoms with Crippen molar-refractivity contribution in [3.8, 4) is 5.75 Å². The Morgan fingerprint density at radius 1 is 1.00 bits per heavy atom. The second-order valence-corrected chi connectivity index (χ2v) is 6.97. The van der Waals surface area contributed by atoms with E-state index in [1.165, 1.54) is 0 Å². The predicted molar refractivity (Wildman–Crippen MR) is 110 cm³/mol. The molecule has 0 atom stereocenters. The average Bonchev–Trinajstić information content (AvgIpc) is 2.74. The number of rotatable bonds is 7. The smallest absolute Gasteiger partial charge is 0.227 e. The third kappa shape index (κ3) is 5.57. The summed E-state index contributed by atoms with van der Waals surface area (Å²) in [5.74, 6) is 0.730. The number of nitrogens with zero attached hydrogens (tertiary/aromatic N) is 1. The standard InChI is InChI=1S/C22H27N3O3/c1-28-20-10-6-5-9-19(20)24-21(26)13-16-25-14-11-17(12-15-25)22(27)23-18-7-3-2-4-8-18/h2-10,17H,11-16H2,1H3,(H,23,27)(H,24,26). The molecule has 1 heterocycles. The van der Waals surface area contributed by atoms with Gasteiger partial charge in [-0.25, -0.2) is 0 Å². The number of amides is 2. The van der Waals surface area contributed by atoms with Crippen LogP contribution in [0.15, 0.2) is 54.6 Å². The van der Waals surface area contributed by atoms with E-state index >= 15 is 0 Å². The number of carbonyl (C=O) groups is 2. The molecule has 0 aliphatic carbocycles. The van der Waals surface area contributed by atoms with Crippen LogP contribution in [0.25, 0.3) is 0 Å². The van der Waals surface area contributed by atoms with Gasteiger partial charge in [-0.15, -0.1) is 0 Å². The van der Waals surface area contributed by atoms with Gasteiger partial charge in [0.1, 0.15) is 5.75 Å². The molecule has 28 heavy (non-hydrogen) atoms. The minimum absolute atomic E-state index is 0.0267. The molecule has 0 unspecified atom stereocenters. The van der Waals surface area contributed by atoms with E-state index in [4.69, 9.17) is 4.74 Å². The molecule has 1 aliphatic heterocycles. The molecule has 3 rings (SSSR count). The SMILES string of the molecule is COc1ccccc1NC(=O)CCN1CCC(C(=O)Nc2ccccc2)CC1. The van der Waals surface area contributed by atoms with Gasteiger partial charge in [0.15, 0.2) is 0 Å². The van der Waals surface area contributed by atoms with Crippen LogP contribution in [0.4, 0.5) is 11.4 Å². The van der Waals surface area contributed by atoms with Gasteiger partial charge in [0, 0.05) is 24.6 Å². The molecule has 2 amide bonds. The van der Waals surface area contributed by atoms with E-state index < -0.39 is 0 Å². The Bertz CT molecular complexity index is 787. The number of piperidine rings is 1. The lowest BCUT2D eigenvalue weighted by Gasteiger charge is -2.31. The summed E-state index contributed by atoms with van der Waals surface area (Å²) in [6, 6.07) is 16.9. The summed E-state index contributed by atoms with van der Waals surface area (Å²) >= 11 is 0. The molecule has 6 heteroatoms. The van der Waals surface area contributed by atoms with Gasteiger partial charge < -0.3 is 20.3 Å². The van der Waals surface area contributed by atoms with Crippen molar-refractivity contribution in [2.75, 3.05) is 37.4 Å². The number of nitrogens with one attached hydrogen (secondary N) is 2. The minimum Gasteiger partial charge on any atom is -0.495 e. The Balaban J connectivity index is 1.39. The highest BCUT2D eigenvalue weighted by Crippen LogP contribution is 2.23. The average molecular weight is 381 g/mol. The second-order valence-electron chi connectivity index (χ2n) is 6.97. The number of anilines is 2. The van der Waals surface area contributed by atoms with Crippen molar-refractivity contribution in [2.45, 2.75) is 19.3 Å². The highest BCUT2D eigenvalue weighted by molar-refractivity contribution is 5.93. The molecule has 0 saturated carbocycles. The Hall–Kier alpha value is -2.86. The molecule has 0 radical (unpaired) electrons. The van der Waals surface area contributed by atoms with Crippen LogP contribution in [0, 0.1) is 5.92 Å². The number of hydrogen-bond donors (Lipinski definition) is 2. The van der Waals surface area contributed by atoms with Crippen LogP contribution in [0.3, 0.4) is 0 Å². The molecular weight excluding hydrogens is 354 g/mol. The second kappa shape index (κ2) is 9.90. The van der Waals surface area contributed by atoms with Gasteiger partial charge in [-0.2, -0.15) is 0 Å². The topological polar surface area (TPSA) is 70.7 Å². The van der Waals surface area contributed by atoms with E-state index in [2.05, 4.69) is 15.5 Å². The zero-order chi connectivity index (χ0) is 19.8. The van der Waals surface area contributed by atoms with Crippen LogP contribution in [-0.2, 0) is 9.59 Å². The number of carbonyl (C=O) groups excluding carboxylic acids is 2. The number of benzene rings is 2. The summed E-state index contributed by atoms with van der Waals surface area (Å²) in [5, 5.41) is 5.88. The van der Waals surface area contributed by atoms with Crippen molar-refractivity contribution in [2.24, 2.45) is 5.92 Å². The number of likely N-dealkylation sites (tertiary alicyclic amines) is 1. The summed E-state index contributed by atoms with van der Waals surface area (Å²) in [7, 11) is 1.59. The molecule has 0 bridgehead atoms. The fourth-order valence-corrected chi connectivity index (χ4v) is 3.40. The maximum Gasteiger partial charge on any atom is 0.227 e. The molecule has 2 N–H and O–H groups in total. The summed E-state index contributed by atoms with van der Waals surface area (Å²) in [6.07, 6.45) is 2.04. The van der Waals surface area contributed by atoms with Crippen LogP contribution >= 0.6 is 0 Å². The van der Waals surface area contributed by atoms with Crippen molar-refractivity contribution < 1.29 is 14.3 Å². The Morgan fingerprint density at radius 2 is 1.68 bits per heavy atom. The van der Waals surface area contributed by atoms with Gasteiger partial charge >= 0.3 is 0 Å². The Kier molecular flexibility index (Phi) is 7.03. The van der Waals surface area contributed by atoms with Crippen molar-refractivity contribution in [1.29, 1.82) is 0 Å². The quantitative estimate of drug-likeness (QED) is 0.771. The molecule has 1 saturated heterocycles. The van der Waals surface area contributed by atoms with Crippen molar-refractivity contribution in [3.05, 3.63) is 54.6 Å². The first kappa shape index (κ1) is 19.9. The normalized spacial score (nSPS) is 15.0. The van der Waals surface area contributed by atoms with Crippen molar-refractivity contribution in [3.63, 3.8) is 0 Å². The molecule has 0 aromatic heterocycles. The van der Waals surface area contributed by atoms with Gasteiger partial charge in [0.2, 0.25) is 11.8 Å². The lowest BCUT2D eigenvalue weighted by Crippen LogP contribution is -2.39. The summed E-state index contributed by atoms with van der Waals surface area (Å²) in [4.78, 5) is 26.9. The summed E-state index contributed by atoms with van der Waals surface area (Å²) in [5.41, 5.74) is 1.52. The van der Waals surface area contributed by atoms with Gasteiger partial charge in [0.25, 0.3) is 0 Å². The van der Waals surface area contributed by atoms with E-state index in [1.807, 2.05) is 54.6 Å². The number of hydrogen-bond acceptors (Lipinski definition) is 4. The molecule has 148 valence electrons. The third-order valence-corrected chi connectivity index (χ3v) is 5.04. The van der Waals surface area contributed by atoms with E-state index in [0.29, 0.717) is 24.4 Å². The molecule has 6 nitrogen and oxygen atoms in total. The first-order chi connectivity index (χ1) is 13.7. The van der Waals surface area contributed by atoms with Gasteiger partial charge in [-0.3, -0.25) is 9.59 Å². The number of ether oxygens (including phenoxy) is 1. The van der Waals surface area contributed by atoms with E-state index in [0.717, 1.165) is 31.6 Å². The van der Waals surface area contributed by atoms with Crippen LogP contribution in [0.2, 0.25) is 0 Å². The molecule has 0 spiro atoms. The molecular formula is C22H27N3O3. The van der Waals surface area contributed by atoms with E-state index in [1.54, 1.807) is 7.11 Å². The third-order valence-electron chi connectivity index (χ3n) is 5.04. The van der Waals surface area contributed by atoms with E-state index in [9.17, 15) is 9.59 Å². The maximum absolute atomic E-state index is 12.4. The van der Waals surface area contributed by atoms with Crippen LogP contribution in [0.5, 0.6) is 5.75 Å². The predicted octanol–water partition coefficient (Wildman–Crippen LogP) is 3.37. The highest BCUT2D eigenvalue weighted by atomic mass is 16.5. The van der Waals surface area contributed by atoms with Crippen LogP contribution in [0.1, 0.15) is 19.3 Å². The van der Waals surface area contributed by atoms with Gasteiger partial charge in [-0.1, -0.05) is 30.3 Å². The molecule has 2 aromatic carbocycles. The monoisotopic (exact) mass is 381 g/mol. The van der Waals surface area contributed by atoms with Crippen molar-refractivity contribution in [1.82, 2.24) is 4.90 Å². The Morgan fingerprint density at radius 3 is 2.39 bits per heavy atom. The zero-order valence-electron chi connectivity index (χ0n) is 16.2. The van der Waals surface area contributed by atoms with Gasteiger partial charge in [-0.05, 0) is 50.2 Å². The van der Waals surface area contributed by atoms with Gasteiger partial charge in [0.05, 0.1) is 12.8 Å². The van der Waals surface area contributed by atoms with E-state index in [-0.39, 0.29) is 17.7 Å². The lowest BCUT2D eigenvalue weighted by molar-refractivity contribution is -0.121. The largest absolute Gasteiger partial charge is 0.495 e. The lowest BCUT2D eigenvalue weighted by atomic mass is 9.95. The first-order valence-electron chi connectivity index (χ1n) is 9.67. The van der Waals surface area contributed by atoms with Crippen LogP contribution < -0.4 is 15.4 Å². The summed E-state index contributed by atoms with van der Waals surface area (Å²) in [6.45, 7) is 2.34. The number of methoxy groups -OCH3 is 1. The van der Waals surface area contributed by atoms with Crippen LogP contribution in [-0.4, -0.2) is 43.5 Å². The first-order valence-corrected chi connectivity index (χ1v) is 9.67. The maximum atomic E-state index is 12.4. The fourth-order valence-electron chi connectivity index (χ4n) is 3.40. The summed E-state index contributed by atoms with van der Waals surface area (Å²) < 4.78 is 5.25. The fraction of sp³-hybridized carbons (Fsp3) is 0.364. The number of para-hydroxylation sites is 3. The van der Waals surface area contributed by atoms with Crippen molar-refractivity contribution >= 4 is 23.2 Å². The zero-order valence-corrected chi connectivity index (χ0v) is 16.2. The Labute approximate surface area is 165 Å². The molecule has 1 fully saturated rings. The highest BCUT2D eigenvalue weighted by Gasteiger charge is 2.25. The molecule has 2 aromatic rings. The minimum atomic E-state index is -0.0338.